The molecule has 350 valence electrons. The van der Waals surface area contributed by atoms with E-state index in [0.717, 1.165) is 70.6 Å². The molecule has 8 atom stereocenters. The van der Waals surface area contributed by atoms with E-state index in [4.69, 9.17) is 9.05 Å². The predicted molar refractivity (Wildman–Crippen MR) is 238 cm³/mol. The van der Waals surface area contributed by atoms with E-state index < -0.39 is 75.2 Å². The van der Waals surface area contributed by atoms with Gasteiger partial charge in [-0.15, -0.1) is 0 Å². The molecule has 1 fully saturated rings. The Morgan fingerprint density at radius 1 is 0.600 bits per heavy atom. The Kier molecular flexibility index (Phi) is 33.5. The van der Waals surface area contributed by atoms with Gasteiger partial charge >= 0.3 is 7.82 Å². The van der Waals surface area contributed by atoms with E-state index in [-0.39, 0.29) is 6.42 Å². The fourth-order valence-electron chi connectivity index (χ4n) is 7.05. The number of carbonyl (C=O) groups is 1. The molecule has 0 radical (unpaired) electrons. The summed E-state index contributed by atoms with van der Waals surface area (Å²) in [6.07, 6.45) is 27.7. The molecule has 0 bridgehead atoms. The van der Waals surface area contributed by atoms with Crippen LogP contribution in [0, 0.1) is 0 Å². The lowest BCUT2D eigenvalue weighted by Gasteiger charge is -2.41. The number of amides is 1. The molecule has 1 aliphatic rings. The number of aliphatic hydroxyl groups is 7. The van der Waals surface area contributed by atoms with Gasteiger partial charge in [0.25, 0.3) is 0 Å². The highest BCUT2D eigenvalue weighted by Crippen LogP contribution is 2.47. The van der Waals surface area contributed by atoms with Crippen molar-refractivity contribution in [1.82, 2.24) is 5.32 Å². The molecule has 0 aromatic carbocycles. The van der Waals surface area contributed by atoms with Crippen LogP contribution in [0.1, 0.15) is 174 Å². The number of unbranched alkanes of at least 4 members (excludes halogenated alkanes) is 18. The van der Waals surface area contributed by atoms with E-state index in [9.17, 15) is 50.0 Å². The maximum Gasteiger partial charge on any atom is 0.472 e. The molecule has 8 unspecified atom stereocenters. The molecule has 0 aromatic heterocycles. The van der Waals surface area contributed by atoms with Crippen LogP contribution >= 0.6 is 7.82 Å². The van der Waals surface area contributed by atoms with E-state index in [2.05, 4.69) is 55.6 Å². The van der Waals surface area contributed by atoms with Crippen molar-refractivity contribution < 1.29 is 59.0 Å². The number of allylic oxidation sites excluding steroid dienone is 7. The SMILES string of the molecule is CCCCC/C=C\C/C=C\CCCCCCCC(O)CC(=O)NC(COP(=O)(O)OC1C(O)C(O)C(O)C(O)C1O)C(O)/C=C/CC/C=C/CCCCCCCCCCC. The van der Waals surface area contributed by atoms with Crippen LogP contribution in [-0.4, -0.2) is 108 Å². The molecule has 1 aliphatic carbocycles. The summed E-state index contributed by atoms with van der Waals surface area (Å²) in [4.78, 5) is 23.4. The molecule has 0 saturated heterocycles. The number of aliphatic hydroxyl groups excluding tert-OH is 7. The monoisotopic (exact) mass is 874 g/mol. The Hall–Kier alpha value is -1.74. The first-order valence-corrected chi connectivity index (χ1v) is 24.7. The van der Waals surface area contributed by atoms with Crippen LogP contribution in [0.25, 0.3) is 0 Å². The molecule has 1 saturated carbocycles. The third-order valence-corrected chi connectivity index (χ3v) is 11.9. The number of hydrogen-bond donors (Lipinski definition) is 9. The third-order valence-electron chi connectivity index (χ3n) is 10.9. The first kappa shape index (κ1) is 56.3. The maximum atomic E-state index is 13.0. The van der Waals surface area contributed by atoms with Gasteiger partial charge in [0.2, 0.25) is 5.91 Å². The average molecular weight is 874 g/mol. The van der Waals surface area contributed by atoms with Crippen LogP contribution in [0.2, 0.25) is 0 Å². The van der Waals surface area contributed by atoms with Gasteiger partial charge in [-0.3, -0.25) is 13.8 Å². The van der Waals surface area contributed by atoms with Crippen molar-refractivity contribution in [2.45, 2.75) is 229 Å². The third kappa shape index (κ3) is 27.3. The Morgan fingerprint density at radius 3 is 1.60 bits per heavy atom. The van der Waals surface area contributed by atoms with Gasteiger partial charge < -0.3 is 46.0 Å². The number of nitrogens with one attached hydrogen (secondary N) is 1. The Labute approximate surface area is 361 Å². The maximum absolute atomic E-state index is 13.0. The largest absolute Gasteiger partial charge is 0.472 e. The molecule has 14 heteroatoms. The molecule has 1 rings (SSSR count). The summed E-state index contributed by atoms with van der Waals surface area (Å²) in [7, 11) is -5.15. The van der Waals surface area contributed by atoms with Crippen molar-refractivity contribution in [2.24, 2.45) is 0 Å². The van der Waals surface area contributed by atoms with Gasteiger partial charge in [-0.25, -0.2) is 4.57 Å². The Balaban J connectivity index is 2.60. The van der Waals surface area contributed by atoms with Gasteiger partial charge in [-0.05, 0) is 64.2 Å². The molecule has 0 heterocycles. The van der Waals surface area contributed by atoms with E-state index in [1.54, 1.807) is 6.08 Å². The molecule has 13 nitrogen and oxygen atoms in total. The van der Waals surface area contributed by atoms with Crippen molar-refractivity contribution >= 4 is 13.7 Å². The minimum atomic E-state index is -5.15. The topological polar surface area (TPSA) is 226 Å². The van der Waals surface area contributed by atoms with Gasteiger partial charge in [-0.2, -0.15) is 0 Å². The van der Waals surface area contributed by atoms with Crippen molar-refractivity contribution in [3.8, 4) is 0 Å². The molecule has 0 spiro atoms. The lowest BCUT2D eigenvalue weighted by molar-refractivity contribution is -0.220. The Bertz CT molecular complexity index is 1220. The van der Waals surface area contributed by atoms with Crippen molar-refractivity contribution in [1.29, 1.82) is 0 Å². The molecule has 1 amide bonds. The zero-order valence-electron chi connectivity index (χ0n) is 36.9. The van der Waals surface area contributed by atoms with Crippen LogP contribution in [-0.2, 0) is 18.4 Å². The summed E-state index contributed by atoms with van der Waals surface area (Å²) in [5.74, 6) is -0.613. The zero-order valence-corrected chi connectivity index (χ0v) is 37.8. The molecule has 9 N–H and O–H groups in total. The summed E-state index contributed by atoms with van der Waals surface area (Å²) >= 11 is 0. The fourth-order valence-corrected chi connectivity index (χ4v) is 8.02. The summed E-state index contributed by atoms with van der Waals surface area (Å²) < 4.78 is 22.8. The minimum Gasteiger partial charge on any atom is -0.393 e. The van der Waals surface area contributed by atoms with Gasteiger partial charge in [0, 0.05) is 0 Å². The number of phosphoric acid groups is 1. The van der Waals surface area contributed by atoms with Crippen LogP contribution < -0.4 is 5.32 Å². The quantitative estimate of drug-likeness (QED) is 0.0168. The van der Waals surface area contributed by atoms with E-state index in [1.807, 2.05) is 0 Å². The number of carbonyl (C=O) groups excluding carboxylic acids is 1. The fraction of sp³-hybridized carbons (Fsp3) is 0.804. The second-order valence-corrected chi connectivity index (χ2v) is 17.8. The Morgan fingerprint density at radius 2 is 1.03 bits per heavy atom. The minimum absolute atomic E-state index is 0.264. The van der Waals surface area contributed by atoms with Crippen molar-refractivity contribution in [3.05, 3.63) is 48.6 Å². The average Bonchev–Trinajstić information content (AvgIpc) is 3.22. The zero-order chi connectivity index (χ0) is 44.4. The lowest BCUT2D eigenvalue weighted by atomic mass is 9.85. The summed E-state index contributed by atoms with van der Waals surface area (Å²) in [6.45, 7) is 3.68. The highest BCUT2D eigenvalue weighted by atomic mass is 31.2. The molecule has 0 aromatic rings. The van der Waals surface area contributed by atoms with Crippen LogP contribution in [0.3, 0.4) is 0 Å². The first-order valence-electron chi connectivity index (χ1n) is 23.2. The second-order valence-electron chi connectivity index (χ2n) is 16.4. The van der Waals surface area contributed by atoms with Gasteiger partial charge in [-0.1, -0.05) is 152 Å². The molecule has 60 heavy (non-hydrogen) atoms. The van der Waals surface area contributed by atoms with Crippen LogP contribution in [0.5, 0.6) is 0 Å². The van der Waals surface area contributed by atoms with Crippen LogP contribution in [0.4, 0.5) is 0 Å². The van der Waals surface area contributed by atoms with E-state index in [0.29, 0.717) is 12.8 Å². The van der Waals surface area contributed by atoms with Gasteiger partial charge in [0.05, 0.1) is 31.3 Å². The predicted octanol–water partition coefficient (Wildman–Crippen LogP) is 7.53. The summed E-state index contributed by atoms with van der Waals surface area (Å²) in [5, 5.41) is 74.4. The van der Waals surface area contributed by atoms with Gasteiger partial charge in [0.1, 0.15) is 36.6 Å². The standard InChI is InChI=1S/C46H84NO12P/c1-3-5-7-9-11-13-15-17-19-21-23-25-27-29-31-33-37(48)35-40(50)47-38(36-58-60(56,57)59-46-44(54)42(52)41(51)43(53)45(46)55)39(49)34-32-30-28-26-24-22-20-18-16-14-12-10-8-6-4-2/h11,13,17,19,24,26,32,34,37-39,41-46,48-49,51-55H,3-10,12,14-16,18,20-23,25,27-31,33,35-36H2,1-2H3,(H,47,50)(H,56,57)/b13-11-,19-17-,26-24+,34-32+. The number of phosphoric ester groups is 1. The van der Waals surface area contributed by atoms with E-state index in [1.165, 1.54) is 76.7 Å². The van der Waals surface area contributed by atoms with Crippen molar-refractivity contribution in [3.63, 3.8) is 0 Å². The summed E-state index contributed by atoms with van der Waals surface area (Å²) in [6, 6.07) is -1.26. The molecule has 0 aliphatic heterocycles. The molecular weight excluding hydrogens is 789 g/mol. The second kappa shape index (κ2) is 35.7. The first-order chi connectivity index (χ1) is 28.8. The highest BCUT2D eigenvalue weighted by molar-refractivity contribution is 7.47. The summed E-state index contributed by atoms with van der Waals surface area (Å²) in [5.41, 5.74) is 0. The number of rotatable bonds is 37. The van der Waals surface area contributed by atoms with Crippen LogP contribution in [0.15, 0.2) is 48.6 Å². The smallest absolute Gasteiger partial charge is 0.393 e. The number of hydrogen-bond acceptors (Lipinski definition) is 11. The van der Waals surface area contributed by atoms with Gasteiger partial charge in [0.15, 0.2) is 0 Å². The normalized spacial score (nSPS) is 23.8. The molecular formula is C46H84NO12P. The van der Waals surface area contributed by atoms with Crippen molar-refractivity contribution in [2.75, 3.05) is 6.61 Å². The lowest BCUT2D eigenvalue weighted by Crippen LogP contribution is -2.64. The van der Waals surface area contributed by atoms with E-state index >= 15 is 0 Å². The highest BCUT2D eigenvalue weighted by Gasteiger charge is 2.51.